The highest BCUT2D eigenvalue weighted by Gasteiger charge is 2.48. The Labute approximate surface area is 640 Å². The Kier molecular flexibility index (Phi) is 29.2. The molecule has 9 heterocycles. The fourth-order valence-corrected chi connectivity index (χ4v) is 19.7. The van der Waals surface area contributed by atoms with Crippen molar-refractivity contribution in [2.45, 2.75) is 203 Å². The van der Waals surface area contributed by atoms with Crippen molar-refractivity contribution < 1.29 is 8.42 Å². The number of nitrogen functional groups attached to an aromatic ring is 3. The van der Waals surface area contributed by atoms with Gasteiger partial charge < -0.3 is 52.8 Å². The van der Waals surface area contributed by atoms with Gasteiger partial charge in [-0.25, -0.2) is 62.7 Å². The number of nitrogens with one attached hydrogen (secondary N) is 3. The van der Waals surface area contributed by atoms with Gasteiger partial charge in [0.05, 0.1) is 65.1 Å². The summed E-state index contributed by atoms with van der Waals surface area (Å²) in [6, 6.07) is 6.66. The van der Waals surface area contributed by atoms with Crippen molar-refractivity contribution in [1.82, 2.24) is 59.6 Å². The summed E-state index contributed by atoms with van der Waals surface area (Å²) in [4.78, 5) is 52.4. The van der Waals surface area contributed by atoms with Crippen LogP contribution in [0.4, 0.5) is 46.5 Å². The first-order valence-electron chi connectivity index (χ1n) is 34.2. The second-order valence-corrected chi connectivity index (χ2v) is 38.3. The Hall–Kier alpha value is -4.37. The molecule has 11 N–H and O–H groups in total. The molecule has 6 aliphatic rings. The van der Waals surface area contributed by atoms with E-state index < -0.39 is 22.0 Å². The van der Waals surface area contributed by atoms with Crippen LogP contribution >= 0.6 is 86.0 Å². The average molecular weight is 1610 g/mol. The molecular formula is C69H105BrCl3N21O2S5. The van der Waals surface area contributed by atoms with E-state index in [-0.39, 0.29) is 22.3 Å². The van der Waals surface area contributed by atoms with Crippen LogP contribution in [-0.4, -0.2) is 162 Å². The van der Waals surface area contributed by atoms with E-state index in [9.17, 15) is 8.42 Å². The van der Waals surface area contributed by atoms with Crippen LogP contribution in [0.5, 0.6) is 0 Å². The van der Waals surface area contributed by atoms with Gasteiger partial charge in [-0.2, -0.15) is 0 Å². The van der Waals surface area contributed by atoms with Gasteiger partial charge in [-0.3, -0.25) is 0 Å². The molecule has 3 aliphatic heterocycles. The van der Waals surface area contributed by atoms with Gasteiger partial charge in [-0.05, 0) is 182 Å². The fraction of sp³-hybridized carbons (Fsp3) is 0.609. The highest BCUT2D eigenvalue weighted by atomic mass is 79.9. The first-order chi connectivity index (χ1) is 47.3. The van der Waals surface area contributed by atoms with E-state index in [1.54, 1.807) is 31.0 Å². The Balaban J connectivity index is 0.000000177. The minimum Gasteiger partial charge on any atom is -0.381 e. The molecule has 0 aromatic carbocycles. The third-order valence-electron chi connectivity index (χ3n) is 19.8. The smallest absolute Gasteiger partial charge is 0.158 e. The van der Waals surface area contributed by atoms with Gasteiger partial charge >= 0.3 is 0 Å². The number of nitrogens with two attached hydrogens (primary N) is 4. The predicted molar refractivity (Wildman–Crippen MR) is 428 cm³/mol. The van der Waals surface area contributed by atoms with Crippen molar-refractivity contribution >= 4 is 155 Å². The summed E-state index contributed by atoms with van der Waals surface area (Å²) in [5, 5.41) is 7.06. The predicted octanol–water partition coefficient (Wildman–Crippen LogP) is 13.6. The molecule has 6 aromatic rings. The van der Waals surface area contributed by atoms with E-state index in [0.29, 0.717) is 98.6 Å². The summed E-state index contributed by atoms with van der Waals surface area (Å²) in [7, 11) is 9.43. The van der Waals surface area contributed by atoms with E-state index >= 15 is 0 Å². The lowest BCUT2D eigenvalue weighted by Gasteiger charge is -2.44. The molecule has 0 bridgehead atoms. The quantitative estimate of drug-likeness (QED) is 0.0502. The number of piperidine rings is 3. The second kappa shape index (κ2) is 35.8. The van der Waals surface area contributed by atoms with Crippen LogP contribution in [0.25, 0.3) is 0 Å². The van der Waals surface area contributed by atoms with Crippen LogP contribution in [0.2, 0.25) is 15.1 Å². The summed E-state index contributed by atoms with van der Waals surface area (Å²) >= 11 is 26.7. The number of hydrogen-bond donors (Lipinski definition) is 7. The lowest BCUT2D eigenvalue weighted by molar-refractivity contribution is 0.175. The SMILES string of the molecule is C.CC(C)(C)[S@@](=O)N[C@@H]1CCCC12CCNCC2.CN(C)c1nccc(Sc2ncc(Br)nc2N)c1Cl.CN(C)c1nccc(Sc2ncc(N3CCC4(CCC[C@H]4N)CC3)nc2N)c1Cl.CN(C)c1nccc(Sc2ncc(N3CCC4(CCC[C@H]4N[S@](=O)C(C)(C)C)CC3)nc2N)c1Cl. The number of pyridine rings is 3. The lowest BCUT2D eigenvalue weighted by Crippen LogP contribution is -2.51. The Morgan fingerprint density at radius 3 is 1.20 bits per heavy atom. The van der Waals surface area contributed by atoms with E-state index in [0.717, 1.165) is 104 Å². The second-order valence-electron chi connectivity index (χ2n) is 29.2. The number of hydrogen-bond acceptors (Lipinski definition) is 24. The maximum Gasteiger partial charge on any atom is 0.158 e. The van der Waals surface area contributed by atoms with Crippen molar-refractivity contribution in [2.24, 2.45) is 22.0 Å². The molecular weight excluding hydrogens is 1500 g/mol. The number of aromatic nitrogens is 9. The molecule has 0 amide bonds. The molecule has 3 aliphatic carbocycles. The van der Waals surface area contributed by atoms with Crippen LogP contribution < -0.4 is 62.2 Å². The average Bonchev–Trinajstić information content (AvgIpc) is 1.70. The molecule has 6 aromatic heterocycles. The molecule has 6 fully saturated rings. The van der Waals surface area contributed by atoms with Crippen LogP contribution in [0.1, 0.15) is 145 Å². The number of rotatable bonds is 15. The van der Waals surface area contributed by atoms with Crippen LogP contribution in [0.15, 0.2) is 89.7 Å². The standard InChI is InChI=1S/C24H36ClN7OS2.C20H28ClN7S.C13H26N2OS.C11H11BrClN5S.CH4/c1-23(2,3)35(33)30-17-7-6-9-24(17)10-13-32(14-11-24)18-15-28-22(20(26)29-18)34-16-8-12-27-21(19(16)25)31(4)5;1-27(2)18-16(21)13(5-9-24-18)29-19-17(23)26-15(12-25-19)28-10-7-20(8-11-28)6-3-4-14(20)22;1-12(2,3)17(16)15-11-5-4-6-13(11)7-9-14-10-8-13;1-18(2)10-8(13)6(3-4-15-10)19-11-9(14)17-7(12)5-16-11;/h8,12,15,17,30H,6-7,9-11,13-14H2,1-5H3,(H2,26,29);5,9,12,14H,3-4,6-8,10-11,22H2,1-2H3,(H2,23,26);11,14-15H,4-10H2,1-3H3;3-5H,1-2H3,(H2,14,17);1H4/t17-,35-;14-;11-,17-;;/m111../s1. The van der Waals surface area contributed by atoms with E-state index in [1.807, 2.05) is 123 Å². The number of nitrogens with zero attached hydrogens (tertiary/aromatic N) is 14. The molecule has 101 heavy (non-hydrogen) atoms. The molecule has 32 heteroatoms. The van der Waals surface area contributed by atoms with Gasteiger partial charge in [0.25, 0.3) is 0 Å². The van der Waals surface area contributed by atoms with Crippen molar-refractivity contribution in [3.63, 3.8) is 0 Å². The summed E-state index contributed by atoms with van der Waals surface area (Å²) < 4.78 is 32.1. The molecule has 0 radical (unpaired) electrons. The van der Waals surface area contributed by atoms with Crippen molar-refractivity contribution in [1.29, 1.82) is 0 Å². The van der Waals surface area contributed by atoms with Crippen molar-refractivity contribution in [3.05, 3.63) is 75.1 Å². The Bertz CT molecular complexity index is 3800. The zero-order valence-corrected chi connectivity index (χ0v) is 67.7. The number of halogens is 4. The minimum atomic E-state index is -1.05. The van der Waals surface area contributed by atoms with Crippen molar-refractivity contribution in [3.8, 4) is 0 Å². The first kappa shape index (κ1) is 82.3. The molecule has 3 saturated heterocycles. The maximum absolute atomic E-state index is 12.7. The Morgan fingerprint density at radius 1 is 0.525 bits per heavy atom. The lowest BCUT2D eigenvalue weighted by atomic mass is 9.74. The van der Waals surface area contributed by atoms with Gasteiger partial charge in [-0.1, -0.05) is 96.8 Å². The monoisotopic (exact) mass is 1600 g/mol. The molecule has 12 rings (SSSR count). The summed E-state index contributed by atoms with van der Waals surface area (Å²) in [5.41, 5.74) is 25.8. The highest BCUT2D eigenvalue weighted by Crippen LogP contribution is 2.50. The molecule has 3 saturated carbocycles. The molecule has 0 unspecified atom stereocenters. The summed E-state index contributed by atoms with van der Waals surface area (Å²) in [6.07, 6.45) is 28.1. The van der Waals surface area contributed by atoms with Crippen LogP contribution in [0.3, 0.4) is 0 Å². The van der Waals surface area contributed by atoms with E-state index in [4.69, 9.17) is 57.7 Å². The highest BCUT2D eigenvalue weighted by molar-refractivity contribution is 9.10. The molecule has 556 valence electrons. The van der Waals surface area contributed by atoms with E-state index in [1.165, 1.54) is 93.1 Å². The first-order valence-corrected chi connectivity index (χ1v) is 40.8. The number of anilines is 8. The summed E-state index contributed by atoms with van der Waals surface area (Å²) in [5.74, 6) is 4.94. The third kappa shape index (κ3) is 20.6. The third-order valence-corrected chi connectivity index (χ3v) is 28.1. The van der Waals surface area contributed by atoms with Gasteiger partial charge in [0.15, 0.2) is 17.5 Å². The molecule has 3 spiro atoms. The maximum atomic E-state index is 12.7. The van der Waals surface area contributed by atoms with Crippen LogP contribution in [0, 0.1) is 16.2 Å². The largest absolute Gasteiger partial charge is 0.381 e. The van der Waals surface area contributed by atoms with Crippen LogP contribution in [-0.2, 0) is 22.0 Å². The topological polar surface area (TPSA) is 307 Å². The normalized spacial score (nSPS) is 20.4. The zero-order valence-electron chi connectivity index (χ0n) is 59.7. The molecule has 23 nitrogen and oxygen atoms in total. The fourth-order valence-electron chi connectivity index (χ4n) is 13.9. The van der Waals surface area contributed by atoms with Gasteiger partial charge in [-0.15, -0.1) is 0 Å². The molecule has 5 atom stereocenters. The summed E-state index contributed by atoms with van der Waals surface area (Å²) in [6.45, 7) is 18.1. The Morgan fingerprint density at radius 2 is 0.861 bits per heavy atom. The van der Waals surface area contributed by atoms with Gasteiger partial charge in [0.1, 0.15) is 48.8 Å². The van der Waals surface area contributed by atoms with Crippen molar-refractivity contribution in [2.75, 3.05) is 123 Å². The van der Waals surface area contributed by atoms with Gasteiger partial charge in [0.2, 0.25) is 0 Å². The van der Waals surface area contributed by atoms with Gasteiger partial charge in [0, 0.05) is 120 Å². The minimum absolute atomic E-state index is 0. The zero-order chi connectivity index (χ0) is 72.5. The van der Waals surface area contributed by atoms with E-state index in [2.05, 4.69) is 85.3 Å².